The lowest BCUT2D eigenvalue weighted by Gasteiger charge is -2.11. The van der Waals surface area contributed by atoms with Crippen molar-refractivity contribution < 1.29 is 18.4 Å². The van der Waals surface area contributed by atoms with Gasteiger partial charge in [-0.15, -0.1) is 0 Å². The summed E-state index contributed by atoms with van der Waals surface area (Å²) in [7, 11) is 0. The average molecular weight is 324 g/mol. The van der Waals surface area contributed by atoms with Gasteiger partial charge in [-0.3, -0.25) is 14.5 Å². The van der Waals surface area contributed by atoms with E-state index in [4.69, 9.17) is 14.6 Å². The molecule has 1 aliphatic rings. The zero-order chi connectivity index (χ0) is 16.9. The molecule has 2 amide bonds. The molecule has 2 aromatic heterocycles. The van der Waals surface area contributed by atoms with Crippen molar-refractivity contribution in [3.05, 3.63) is 83.7 Å². The molecule has 0 radical (unpaired) electrons. The minimum Gasteiger partial charge on any atom is -0.468 e. The second kappa shape index (κ2) is 6.97. The molecule has 2 N–H and O–H groups in total. The molecule has 4 rings (SSSR count). The van der Waals surface area contributed by atoms with E-state index in [0.29, 0.717) is 23.4 Å². The van der Waals surface area contributed by atoms with Gasteiger partial charge >= 0.3 is 0 Å². The number of imide groups is 1. The minimum absolute atomic E-state index is 0.180. The molecule has 3 heterocycles. The van der Waals surface area contributed by atoms with Gasteiger partial charge in [-0.25, -0.2) is 0 Å². The number of carbonyl (C=O) groups is 2. The van der Waals surface area contributed by atoms with Gasteiger partial charge in [-0.05, 0) is 36.4 Å². The Morgan fingerprint density at radius 3 is 1.75 bits per heavy atom. The van der Waals surface area contributed by atoms with Crippen LogP contribution >= 0.6 is 0 Å². The number of amides is 2. The van der Waals surface area contributed by atoms with Crippen LogP contribution in [0.1, 0.15) is 32.2 Å². The highest BCUT2D eigenvalue weighted by Crippen LogP contribution is 2.24. The SMILES string of the molecule is NCc1ccco1.O=C1c2ccccc2C(=O)N1Cc1ccco1. The lowest BCUT2D eigenvalue weighted by Crippen LogP contribution is -2.28. The first kappa shape index (κ1) is 15.8. The van der Waals surface area contributed by atoms with Crippen molar-refractivity contribution in [1.82, 2.24) is 4.90 Å². The lowest BCUT2D eigenvalue weighted by atomic mass is 10.1. The molecule has 0 unspecified atom stereocenters. The third kappa shape index (κ3) is 3.13. The van der Waals surface area contributed by atoms with Crippen LogP contribution in [0.5, 0.6) is 0 Å². The van der Waals surface area contributed by atoms with Crippen LogP contribution < -0.4 is 5.73 Å². The third-order valence-corrected chi connectivity index (χ3v) is 3.55. The summed E-state index contributed by atoms with van der Waals surface area (Å²) in [6.45, 7) is 0.673. The van der Waals surface area contributed by atoms with Crippen molar-refractivity contribution >= 4 is 11.8 Å². The molecule has 3 aromatic rings. The number of hydrogen-bond donors (Lipinski definition) is 1. The van der Waals surface area contributed by atoms with E-state index < -0.39 is 0 Å². The molecule has 1 aromatic carbocycles. The maximum absolute atomic E-state index is 12.0. The van der Waals surface area contributed by atoms with Crippen molar-refractivity contribution in [2.75, 3.05) is 0 Å². The van der Waals surface area contributed by atoms with Crippen LogP contribution in [0.2, 0.25) is 0 Å². The van der Waals surface area contributed by atoms with E-state index in [2.05, 4.69) is 0 Å². The maximum atomic E-state index is 12.0. The fraction of sp³-hybridized carbons (Fsp3) is 0.111. The summed E-state index contributed by atoms with van der Waals surface area (Å²) in [5.74, 6) is 0.906. The van der Waals surface area contributed by atoms with E-state index in [9.17, 15) is 9.59 Å². The molecule has 0 spiro atoms. The summed E-state index contributed by atoms with van der Waals surface area (Å²) in [4.78, 5) is 25.2. The highest BCUT2D eigenvalue weighted by Gasteiger charge is 2.35. The van der Waals surface area contributed by atoms with Crippen molar-refractivity contribution in [3.8, 4) is 0 Å². The van der Waals surface area contributed by atoms with Gasteiger partial charge in [-0.1, -0.05) is 12.1 Å². The van der Waals surface area contributed by atoms with Crippen molar-refractivity contribution in [2.45, 2.75) is 13.1 Å². The normalized spacial score (nSPS) is 12.8. The smallest absolute Gasteiger partial charge is 0.261 e. The predicted molar refractivity (Wildman–Crippen MR) is 86.0 cm³/mol. The van der Waals surface area contributed by atoms with Gasteiger partial charge in [0.1, 0.15) is 11.5 Å². The molecule has 24 heavy (non-hydrogen) atoms. The number of rotatable bonds is 3. The largest absolute Gasteiger partial charge is 0.468 e. The molecular weight excluding hydrogens is 308 g/mol. The van der Waals surface area contributed by atoms with E-state index in [-0.39, 0.29) is 18.4 Å². The minimum atomic E-state index is -0.262. The summed E-state index contributed by atoms with van der Waals surface area (Å²) in [6.07, 6.45) is 3.13. The van der Waals surface area contributed by atoms with E-state index in [1.54, 1.807) is 42.7 Å². The Morgan fingerprint density at radius 1 is 0.792 bits per heavy atom. The van der Waals surface area contributed by atoms with Gasteiger partial charge in [0.15, 0.2) is 0 Å². The lowest BCUT2D eigenvalue weighted by molar-refractivity contribution is 0.0631. The average Bonchev–Trinajstić information content (AvgIpc) is 3.35. The molecule has 0 bridgehead atoms. The molecule has 122 valence electrons. The first-order valence-electron chi connectivity index (χ1n) is 7.40. The maximum Gasteiger partial charge on any atom is 0.261 e. The Kier molecular flexibility index (Phi) is 4.58. The molecule has 0 fully saturated rings. The Bertz CT molecular complexity index is 788. The van der Waals surface area contributed by atoms with Crippen molar-refractivity contribution in [3.63, 3.8) is 0 Å². The predicted octanol–water partition coefficient (Wildman–Crippen LogP) is 2.81. The zero-order valence-corrected chi connectivity index (χ0v) is 12.8. The molecule has 0 saturated heterocycles. The van der Waals surface area contributed by atoms with Crippen LogP contribution in [0.3, 0.4) is 0 Å². The number of hydrogen-bond acceptors (Lipinski definition) is 5. The van der Waals surface area contributed by atoms with Crippen LogP contribution in [-0.2, 0) is 13.1 Å². The summed E-state index contributed by atoms with van der Waals surface area (Å²) < 4.78 is 10.0. The van der Waals surface area contributed by atoms with Gasteiger partial charge in [0, 0.05) is 0 Å². The number of fused-ring (bicyclic) bond motifs is 1. The van der Waals surface area contributed by atoms with Crippen LogP contribution in [-0.4, -0.2) is 16.7 Å². The van der Waals surface area contributed by atoms with E-state index in [1.165, 1.54) is 11.2 Å². The van der Waals surface area contributed by atoms with Crippen molar-refractivity contribution in [1.29, 1.82) is 0 Å². The van der Waals surface area contributed by atoms with Gasteiger partial charge in [0.05, 0.1) is 36.7 Å². The van der Waals surface area contributed by atoms with Crippen LogP contribution in [0.15, 0.2) is 69.9 Å². The quantitative estimate of drug-likeness (QED) is 0.748. The van der Waals surface area contributed by atoms with Gasteiger partial charge in [0.2, 0.25) is 0 Å². The Hall–Kier alpha value is -3.12. The molecule has 0 atom stereocenters. The first-order chi connectivity index (χ1) is 11.7. The molecule has 0 aliphatic carbocycles. The van der Waals surface area contributed by atoms with E-state index in [1.807, 2.05) is 12.1 Å². The molecular formula is C18H16N2O4. The second-order valence-electron chi connectivity index (χ2n) is 5.10. The highest BCUT2D eigenvalue weighted by molar-refractivity contribution is 6.21. The summed E-state index contributed by atoms with van der Waals surface area (Å²) >= 11 is 0. The fourth-order valence-electron chi connectivity index (χ4n) is 2.37. The monoisotopic (exact) mass is 324 g/mol. The second-order valence-corrected chi connectivity index (χ2v) is 5.10. The van der Waals surface area contributed by atoms with Crippen molar-refractivity contribution in [2.24, 2.45) is 5.73 Å². The highest BCUT2D eigenvalue weighted by atomic mass is 16.3. The summed E-state index contributed by atoms with van der Waals surface area (Å²) in [5, 5.41) is 0. The standard InChI is InChI=1S/C13H9NO3.C5H7NO/c15-12-10-5-1-2-6-11(10)13(16)14(12)8-9-4-3-7-17-9;6-4-5-2-1-3-7-5/h1-7H,8H2;1-3H,4,6H2. The number of furan rings is 2. The van der Waals surface area contributed by atoms with Gasteiger partial charge < -0.3 is 14.6 Å². The molecule has 6 heteroatoms. The number of carbonyl (C=O) groups excluding carboxylic acids is 2. The Morgan fingerprint density at radius 2 is 1.33 bits per heavy atom. The first-order valence-corrected chi connectivity index (χ1v) is 7.40. The van der Waals surface area contributed by atoms with Gasteiger partial charge in [-0.2, -0.15) is 0 Å². The summed E-state index contributed by atoms with van der Waals surface area (Å²) in [5.41, 5.74) is 6.12. The molecule has 6 nitrogen and oxygen atoms in total. The fourth-order valence-corrected chi connectivity index (χ4v) is 2.37. The topological polar surface area (TPSA) is 89.7 Å². The van der Waals surface area contributed by atoms with E-state index >= 15 is 0 Å². The number of nitrogens with zero attached hydrogens (tertiary/aromatic N) is 1. The Balaban J connectivity index is 0.000000203. The molecule has 0 saturated carbocycles. The zero-order valence-electron chi connectivity index (χ0n) is 12.8. The van der Waals surface area contributed by atoms with Crippen LogP contribution in [0.4, 0.5) is 0 Å². The third-order valence-electron chi connectivity index (χ3n) is 3.55. The van der Waals surface area contributed by atoms with Gasteiger partial charge in [0.25, 0.3) is 11.8 Å². The Labute approximate surface area is 138 Å². The number of nitrogens with two attached hydrogens (primary N) is 1. The molecule has 1 aliphatic heterocycles. The number of benzene rings is 1. The summed E-state index contributed by atoms with van der Waals surface area (Å²) in [6, 6.07) is 14.0. The van der Waals surface area contributed by atoms with Crippen LogP contribution in [0.25, 0.3) is 0 Å². The van der Waals surface area contributed by atoms with E-state index in [0.717, 1.165) is 5.76 Å². The van der Waals surface area contributed by atoms with Crippen LogP contribution in [0, 0.1) is 0 Å².